The number of benzene rings is 1. The standard InChI is InChI=1S/C11H8ClNO2S2/c12-11(9-5-2-1-3-6-9)13-17(14,15)10-7-4-8-16-10/h1-8H/b13-11-. The van der Waals surface area contributed by atoms with Crippen molar-refractivity contribution >= 4 is 38.1 Å². The molecule has 0 aliphatic rings. The van der Waals surface area contributed by atoms with Crippen LogP contribution in [0, 0.1) is 0 Å². The van der Waals surface area contributed by atoms with E-state index < -0.39 is 10.0 Å². The first-order valence-corrected chi connectivity index (χ1v) is 7.39. The van der Waals surface area contributed by atoms with Gasteiger partial charge in [0, 0.05) is 5.56 Å². The lowest BCUT2D eigenvalue weighted by molar-refractivity contribution is 0.600. The second-order valence-electron chi connectivity index (χ2n) is 3.16. The summed E-state index contributed by atoms with van der Waals surface area (Å²) in [7, 11) is -3.69. The van der Waals surface area contributed by atoms with Crippen molar-refractivity contribution in [1.29, 1.82) is 0 Å². The predicted octanol–water partition coefficient (Wildman–Crippen LogP) is 3.12. The fourth-order valence-electron chi connectivity index (χ4n) is 1.19. The van der Waals surface area contributed by atoms with Gasteiger partial charge < -0.3 is 0 Å². The van der Waals surface area contributed by atoms with Gasteiger partial charge in [0.1, 0.15) is 9.38 Å². The van der Waals surface area contributed by atoms with Crippen LogP contribution in [0.1, 0.15) is 5.56 Å². The van der Waals surface area contributed by atoms with Crippen molar-refractivity contribution in [2.45, 2.75) is 4.21 Å². The minimum Gasteiger partial charge on any atom is -0.198 e. The van der Waals surface area contributed by atoms with E-state index in [2.05, 4.69) is 4.40 Å². The smallest absolute Gasteiger partial charge is 0.198 e. The quantitative estimate of drug-likeness (QED) is 0.814. The van der Waals surface area contributed by atoms with Gasteiger partial charge in [-0.1, -0.05) is 48.0 Å². The van der Waals surface area contributed by atoms with Gasteiger partial charge in [-0.3, -0.25) is 0 Å². The molecule has 2 aromatic rings. The van der Waals surface area contributed by atoms with Gasteiger partial charge in [0.2, 0.25) is 0 Å². The SMILES string of the molecule is O=S(=O)(/N=C(\Cl)c1ccccc1)c1cccs1. The van der Waals surface area contributed by atoms with Gasteiger partial charge in [-0.05, 0) is 11.4 Å². The highest BCUT2D eigenvalue weighted by Gasteiger charge is 2.15. The van der Waals surface area contributed by atoms with Crippen molar-refractivity contribution in [3.63, 3.8) is 0 Å². The molecule has 0 atom stereocenters. The number of hydrogen-bond donors (Lipinski definition) is 0. The molecular formula is C11H8ClNO2S2. The third kappa shape index (κ3) is 2.94. The number of halogens is 1. The molecule has 0 radical (unpaired) electrons. The molecule has 1 heterocycles. The van der Waals surface area contributed by atoms with Crippen LogP contribution in [-0.2, 0) is 10.0 Å². The fraction of sp³-hybridized carbons (Fsp3) is 0. The molecule has 0 unspecified atom stereocenters. The third-order valence-corrected chi connectivity index (χ3v) is 5.01. The zero-order valence-electron chi connectivity index (χ0n) is 8.58. The lowest BCUT2D eigenvalue weighted by Crippen LogP contribution is -1.99. The highest BCUT2D eigenvalue weighted by Crippen LogP contribution is 2.20. The summed E-state index contributed by atoms with van der Waals surface area (Å²) in [5.74, 6) is 0. The summed E-state index contributed by atoms with van der Waals surface area (Å²) in [4.78, 5) is 0. The second-order valence-corrected chi connectivity index (χ2v) is 6.29. The molecular weight excluding hydrogens is 278 g/mol. The van der Waals surface area contributed by atoms with E-state index in [1.54, 1.807) is 35.7 Å². The summed E-state index contributed by atoms with van der Waals surface area (Å²) >= 11 is 7.00. The maximum Gasteiger partial charge on any atom is 0.293 e. The van der Waals surface area contributed by atoms with Gasteiger partial charge in [-0.15, -0.1) is 15.7 Å². The highest BCUT2D eigenvalue weighted by molar-refractivity contribution is 7.92. The van der Waals surface area contributed by atoms with Gasteiger partial charge in [-0.2, -0.15) is 8.42 Å². The average molecular weight is 286 g/mol. The first-order valence-electron chi connectivity index (χ1n) is 4.69. The molecule has 0 spiro atoms. The summed E-state index contributed by atoms with van der Waals surface area (Å²) < 4.78 is 27.4. The molecule has 0 saturated carbocycles. The average Bonchev–Trinajstić information content (AvgIpc) is 2.84. The summed E-state index contributed by atoms with van der Waals surface area (Å²) in [5, 5.41) is 1.65. The minimum atomic E-state index is -3.69. The Labute approximate surface area is 108 Å². The molecule has 2 rings (SSSR count). The Kier molecular flexibility index (Phi) is 3.61. The minimum absolute atomic E-state index is 0.0287. The van der Waals surface area contributed by atoms with Crippen molar-refractivity contribution < 1.29 is 8.42 Å². The molecule has 0 bridgehead atoms. The number of nitrogens with zero attached hydrogens (tertiary/aromatic N) is 1. The molecule has 6 heteroatoms. The lowest BCUT2D eigenvalue weighted by atomic mass is 10.2. The Hall–Kier alpha value is -1.17. The number of sulfonamides is 1. The summed E-state index contributed by atoms with van der Waals surface area (Å²) in [6, 6.07) is 11.9. The first kappa shape index (κ1) is 12.3. The first-order chi connectivity index (χ1) is 8.09. The Bertz CT molecular complexity index is 619. The zero-order chi connectivity index (χ0) is 12.3. The number of hydrogen-bond acceptors (Lipinski definition) is 3. The molecule has 88 valence electrons. The van der Waals surface area contributed by atoms with Crippen LogP contribution in [0.15, 0.2) is 56.5 Å². The van der Waals surface area contributed by atoms with Crippen LogP contribution in [0.2, 0.25) is 0 Å². The van der Waals surface area contributed by atoms with Crippen LogP contribution in [0.3, 0.4) is 0 Å². The largest absolute Gasteiger partial charge is 0.293 e. The van der Waals surface area contributed by atoms with Crippen molar-refractivity contribution in [3.8, 4) is 0 Å². The van der Waals surface area contributed by atoms with Crippen LogP contribution >= 0.6 is 22.9 Å². The summed E-state index contributed by atoms with van der Waals surface area (Å²) in [6.07, 6.45) is 0. The zero-order valence-corrected chi connectivity index (χ0v) is 11.0. The molecule has 1 aromatic carbocycles. The maximum absolute atomic E-state index is 11.8. The van der Waals surface area contributed by atoms with Crippen LogP contribution in [-0.4, -0.2) is 13.6 Å². The molecule has 0 aliphatic carbocycles. The third-order valence-electron chi connectivity index (χ3n) is 1.96. The Morgan fingerprint density at radius 2 is 1.82 bits per heavy atom. The van der Waals surface area contributed by atoms with Crippen LogP contribution < -0.4 is 0 Å². The molecule has 3 nitrogen and oxygen atoms in total. The highest BCUT2D eigenvalue weighted by atomic mass is 35.5. The van der Waals surface area contributed by atoms with Crippen LogP contribution in [0.4, 0.5) is 0 Å². The summed E-state index contributed by atoms with van der Waals surface area (Å²) in [5.41, 5.74) is 0.578. The molecule has 0 saturated heterocycles. The van der Waals surface area contributed by atoms with E-state index in [1.165, 1.54) is 6.07 Å². The predicted molar refractivity (Wildman–Crippen MR) is 70.3 cm³/mol. The van der Waals surface area contributed by atoms with Gasteiger partial charge in [0.05, 0.1) is 0 Å². The van der Waals surface area contributed by atoms with E-state index >= 15 is 0 Å². The molecule has 0 fully saturated rings. The van der Waals surface area contributed by atoms with Gasteiger partial charge in [0.15, 0.2) is 0 Å². The van der Waals surface area contributed by atoms with E-state index in [4.69, 9.17) is 11.6 Å². The van der Waals surface area contributed by atoms with E-state index in [9.17, 15) is 8.42 Å². The van der Waals surface area contributed by atoms with E-state index in [1.807, 2.05) is 6.07 Å². The van der Waals surface area contributed by atoms with Crippen molar-refractivity contribution in [1.82, 2.24) is 0 Å². The van der Waals surface area contributed by atoms with Gasteiger partial charge in [0.25, 0.3) is 10.0 Å². The maximum atomic E-state index is 11.8. The van der Waals surface area contributed by atoms with E-state index in [0.29, 0.717) is 5.56 Å². The van der Waals surface area contributed by atoms with Crippen molar-refractivity contribution in [2.75, 3.05) is 0 Å². The number of rotatable bonds is 3. The lowest BCUT2D eigenvalue weighted by Gasteiger charge is -1.98. The van der Waals surface area contributed by atoms with Crippen molar-refractivity contribution in [2.24, 2.45) is 4.40 Å². The Balaban J connectivity index is 2.38. The Morgan fingerprint density at radius 3 is 2.41 bits per heavy atom. The second kappa shape index (κ2) is 5.00. The molecule has 17 heavy (non-hydrogen) atoms. The van der Waals surface area contributed by atoms with E-state index in [0.717, 1.165) is 11.3 Å². The Morgan fingerprint density at radius 1 is 1.12 bits per heavy atom. The van der Waals surface area contributed by atoms with Gasteiger partial charge >= 0.3 is 0 Å². The normalized spacial score (nSPS) is 12.6. The number of thiophene rings is 1. The van der Waals surface area contributed by atoms with Crippen molar-refractivity contribution in [3.05, 3.63) is 53.4 Å². The molecule has 1 aromatic heterocycles. The monoisotopic (exact) mass is 285 g/mol. The fourth-order valence-corrected chi connectivity index (χ4v) is 3.46. The van der Waals surface area contributed by atoms with E-state index in [-0.39, 0.29) is 9.38 Å². The molecule has 0 amide bonds. The molecule has 0 N–H and O–H groups in total. The van der Waals surface area contributed by atoms with Crippen LogP contribution in [0.25, 0.3) is 0 Å². The summed E-state index contributed by atoms with van der Waals surface area (Å²) in [6.45, 7) is 0. The topological polar surface area (TPSA) is 46.5 Å². The molecule has 0 aliphatic heterocycles. The van der Waals surface area contributed by atoms with Gasteiger partial charge in [-0.25, -0.2) is 0 Å². The van der Waals surface area contributed by atoms with Crippen LogP contribution in [0.5, 0.6) is 0 Å².